The average Bonchev–Trinajstić information content (AvgIpc) is 2.64. The van der Waals surface area contributed by atoms with E-state index in [1.807, 2.05) is 0 Å². The van der Waals surface area contributed by atoms with Crippen molar-refractivity contribution in [3.63, 3.8) is 0 Å². The molecular weight excluding hydrogens is 200 g/mol. The minimum Gasteiger partial charge on any atom is -0.314 e. The molecule has 16 heavy (non-hydrogen) atoms. The van der Waals surface area contributed by atoms with Crippen LogP contribution in [-0.2, 0) is 0 Å². The molecule has 2 rings (SSSR count). The molecule has 3 atom stereocenters. The van der Waals surface area contributed by atoms with Crippen LogP contribution in [0.1, 0.15) is 47.5 Å². The molecule has 2 saturated heterocycles. The maximum Gasteiger partial charge on any atom is 0.0442 e. The predicted molar refractivity (Wildman–Crippen MR) is 65.5 cm³/mol. The van der Waals surface area contributed by atoms with E-state index in [1.54, 1.807) is 5.06 Å². The van der Waals surface area contributed by atoms with E-state index >= 15 is 0 Å². The van der Waals surface area contributed by atoms with E-state index in [-0.39, 0.29) is 11.1 Å². The number of nitrogens with zero attached hydrogens (tertiary/aromatic N) is 1. The maximum atomic E-state index is 10.3. The number of hydrogen-bond acceptors (Lipinski definition) is 3. The van der Waals surface area contributed by atoms with Crippen molar-refractivity contribution in [2.45, 2.75) is 64.6 Å². The van der Waals surface area contributed by atoms with Crippen molar-refractivity contribution in [2.75, 3.05) is 6.54 Å². The van der Waals surface area contributed by atoms with E-state index < -0.39 is 0 Å². The summed E-state index contributed by atoms with van der Waals surface area (Å²) < 4.78 is 0. The zero-order chi connectivity index (χ0) is 12.1. The number of rotatable bonds is 1. The lowest BCUT2D eigenvalue weighted by molar-refractivity contribution is -0.198. The highest BCUT2D eigenvalue weighted by Gasteiger charge is 2.54. The summed E-state index contributed by atoms with van der Waals surface area (Å²) >= 11 is 0. The van der Waals surface area contributed by atoms with E-state index in [9.17, 15) is 5.21 Å². The number of nitrogens with one attached hydrogen (secondary N) is 1. The van der Waals surface area contributed by atoms with Crippen LogP contribution in [0.3, 0.4) is 0 Å². The summed E-state index contributed by atoms with van der Waals surface area (Å²) in [5.74, 6) is 1.30. The lowest BCUT2D eigenvalue weighted by Gasteiger charge is -2.37. The fourth-order valence-corrected chi connectivity index (χ4v) is 3.83. The van der Waals surface area contributed by atoms with Gasteiger partial charge in [-0.3, -0.25) is 0 Å². The highest BCUT2D eigenvalue weighted by Crippen LogP contribution is 2.48. The summed E-state index contributed by atoms with van der Waals surface area (Å²) in [6.07, 6.45) is 2.34. The van der Waals surface area contributed by atoms with E-state index in [2.05, 4.69) is 39.9 Å². The molecule has 2 fully saturated rings. The normalized spacial score (nSPS) is 42.8. The van der Waals surface area contributed by atoms with E-state index in [0.29, 0.717) is 17.9 Å². The summed E-state index contributed by atoms with van der Waals surface area (Å²) in [5, 5.41) is 15.4. The summed E-state index contributed by atoms with van der Waals surface area (Å²) in [5.41, 5.74) is -0.181. The van der Waals surface area contributed by atoms with E-state index in [0.717, 1.165) is 13.0 Å². The number of hydroxylamine groups is 2. The molecule has 3 heteroatoms. The molecule has 2 unspecified atom stereocenters. The second-order valence-electron chi connectivity index (χ2n) is 6.89. The van der Waals surface area contributed by atoms with Crippen molar-refractivity contribution in [2.24, 2.45) is 11.8 Å². The van der Waals surface area contributed by atoms with E-state index in [1.165, 1.54) is 6.42 Å². The fraction of sp³-hybridized carbons (Fsp3) is 1.00. The lowest BCUT2D eigenvalue weighted by atomic mass is 9.76. The van der Waals surface area contributed by atoms with Gasteiger partial charge in [0.25, 0.3) is 0 Å². The van der Waals surface area contributed by atoms with Gasteiger partial charge in [0.2, 0.25) is 0 Å². The minimum absolute atomic E-state index is 0.0833. The first kappa shape index (κ1) is 12.3. The van der Waals surface area contributed by atoms with Gasteiger partial charge in [0.1, 0.15) is 0 Å². The highest BCUT2D eigenvalue weighted by molar-refractivity contribution is 5.05. The van der Waals surface area contributed by atoms with Gasteiger partial charge in [-0.25, -0.2) is 0 Å². The van der Waals surface area contributed by atoms with Crippen LogP contribution >= 0.6 is 0 Å². The van der Waals surface area contributed by atoms with Crippen LogP contribution in [0.5, 0.6) is 0 Å². The van der Waals surface area contributed by atoms with Crippen molar-refractivity contribution in [3.05, 3.63) is 0 Å². The second kappa shape index (κ2) is 3.69. The van der Waals surface area contributed by atoms with Gasteiger partial charge in [0, 0.05) is 17.1 Å². The van der Waals surface area contributed by atoms with Gasteiger partial charge in [-0.15, -0.1) is 0 Å². The van der Waals surface area contributed by atoms with Crippen LogP contribution in [0.15, 0.2) is 0 Å². The first-order valence-electron chi connectivity index (χ1n) is 6.48. The second-order valence-corrected chi connectivity index (χ2v) is 6.89. The van der Waals surface area contributed by atoms with Gasteiger partial charge < -0.3 is 10.5 Å². The summed E-state index contributed by atoms with van der Waals surface area (Å²) in [6, 6.07) is 0.636. The molecule has 0 radical (unpaired) electrons. The highest BCUT2D eigenvalue weighted by atomic mass is 16.5. The first-order chi connectivity index (χ1) is 7.25. The molecule has 0 aromatic carbocycles. The molecule has 3 nitrogen and oxygen atoms in total. The standard InChI is InChI=1S/C13H26N2O/c1-9-6-10(8-14-9)11-7-12(2,3)15(16)13(11,4)5/h9-11,14,16H,6-8H2,1-5H3/t9-,10?,11?/m0/s1. The Morgan fingerprint density at radius 3 is 2.25 bits per heavy atom. The molecule has 2 aliphatic rings. The van der Waals surface area contributed by atoms with Crippen LogP contribution in [0.2, 0.25) is 0 Å². The molecule has 0 aliphatic carbocycles. The molecule has 0 aromatic rings. The van der Waals surface area contributed by atoms with Crippen molar-refractivity contribution in [3.8, 4) is 0 Å². The Hall–Kier alpha value is -0.120. The van der Waals surface area contributed by atoms with Gasteiger partial charge >= 0.3 is 0 Å². The Morgan fingerprint density at radius 2 is 1.88 bits per heavy atom. The van der Waals surface area contributed by atoms with Gasteiger partial charge in [-0.2, -0.15) is 5.06 Å². The van der Waals surface area contributed by atoms with Gasteiger partial charge in [0.15, 0.2) is 0 Å². The Kier molecular flexibility index (Phi) is 2.84. The Bertz CT molecular complexity index is 275. The zero-order valence-corrected chi connectivity index (χ0v) is 11.2. The van der Waals surface area contributed by atoms with Gasteiger partial charge in [0.05, 0.1) is 0 Å². The smallest absolute Gasteiger partial charge is 0.0442 e. The fourth-order valence-electron chi connectivity index (χ4n) is 3.83. The molecule has 0 spiro atoms. The van der Waals surface area contributed by atoms with Crippen LogP contribution in [0.25, 0.3) is 0 Å². The topological polar surface area (TPSA) is 35.5 Å². The maximum absolute atomic E-state index is 10.3. The predicted octanol–water partition coefficient (Wildman–Crippen LogP) is 2.25. The van der Waals surface area contributed by atoms with Crippen molar-refractivity contribution in [1.82, 2.24) is 10.4 Å². The minimum atomic E-state index is -0.0973. The van der Waals surface area contributed by atoms with Crippen molar-refractivity contribution in [1.29, 1.82) is 0 Å². The van der Waals surface area contributed by atoms with Crippen molar-refractivity contribution >= 4 is 0 Å². The molecule has 0 bridgehead atoms. The summed E-state index contributed by atoms with van der Waals surface area (Å²) in [7, 11) is 0. The van der Waals surface area contributed by atoms with Gasteiger partial charge in [-0.1, -0.05) is 0 Å². The third kappa shape index (κ3) is 1.79. The molecule has 2 aliphatic heterocycles. The quantitative estimate of drug-likeness (QED) is 0.720. The molecule has 0 amide bonds. The molecule has 2 N–H and O–H groups in total. The van der Waals surface area contributed by atoms with Gasteiger partial charge in [-0.05, 0) is 65.8 Å². The SMILES string of the molecule is C[C@H]1CC(C2CC(C)(C)N(O)C2(C)C)CN1. The van der Waals surface area contributed by atoms with Crippen LogP contribution < -0.4 is 5.32 Å². The van der Waals surface area contributed by atoms with E-state index in [4.69, 9.17) is 0 Å². The van der Waals surface area contributed by atoms with Crippen LogP contribution in [-0.4, -0.2) is 33.9 Å². The molecule has 94 valence electrons. The third-order valence-corrected chi connectivity index (χ3v) is 4.70. The third-order valence-electron chi connectivity index (χ3n) is 4.70. The molecule has 2 heterocycles. The number of hydrogen-bond donors (Lipinski definition) is 2. The molecule has 0 saturated carbocycles. The molecular formula is C13H26N2O. The summed E-state index contributed by atoms with van der Waals surface area (Å²) in [4.78, 5) is 0. The Balaban J connectivity index is 2.17. The average molecular weight is 226 g/mol. The zero-order valence-electron chi connectivity index (χ0n) is 11.2. The largest absolute Gasteiger partial charge is 0.314 e. The lowest BCUT2D eigenvalue weighted by Crippen LogP contribution is -2.48. The Labute approximate surface area is 99.2 Å². The summed E-state index contributed by atoms with van der Waals surface area (Å²) in [6.45, 7) is 12.0. The van der Waals surface area contributed by atoms with Crippen LogP contribution in [0.4, 0.5) is 0 Å². The van der Waals surface area contributed by atoms with Crippen molar-refractivity contribution < 1.29 is 5.21 Å². The monoisotopic (exact) mass is 226 g/mol. The molecule has 0 aromatic heterocycles. The Morgan fingerprint density at radius 1 is 1.25 bits per heavy atom. The first-order valence-corrected chi connectivity index (χ1v) is 6.48. The van der Waals surface area contributed by atoms with Crippen LogP contribution in [0, 0.1) is 11.8 Å².